The molecule has 1 N–H and O–H groups in total. The van der Waals surface area contributed by atoms with Gasteiger partial charge in [-0.25, -0.2) is 14.4 Å². The number of hydrogen-bond acceptors (Lipinski definition) is 7. The van der Waals surface area contributed by atoms with Crippen molar-refractivity contribution < 1.29 is 33.4 Å². The largest absolute Gasteiger partial charge is 0.467 e. The van der Waals surface area contributed by atoms with Crippen LogP contribution in [0.3, 0.4) is 0 Å². The molecular formula is C26H37N3O7. The maximum Gasteiger partial charge on any atom is 0.410 e. The van der Waals surface area contributed by atoms with Gasteiger partial charge in [0.05, 0.1) is 13.7 Å². The van der Waals surface area contributed by atoms with Gasteiger partial charge in [-0.15, -0.1) is 0 Å². The lowest BCUT2D eigenvalue weighted by Gasteiger charge is -2.35. The molecule has 10 heteroatoms. The third-order valence-corrected chi connectivity index (χ3v) is 6.16. The van der Waals surface area contributed by atoms with Gasteiger partial charge < -0.3 is 24.4 Å². The number of amides is 3. The van der Waals surface area contributed by atoms with E-state index >= 15 is 0 Å². The third-order valence-electron chi connectivity index (χ3n) is 6.16. The standard InChI is InChI=1S/C26H37N3O7/c1-25(2,3)20(27-23(32)36-26(4,5)6)21(30)29-15-18(12-19(29)22(31)34-7)35-24(33)28-13-16-10-8-9-11-17(16)14-28/h8-11,18-20H,12-15H2,1-7H3,(H,27,32)/t18-,19?,20?/m1/s1. The van der Waals surface area contributed by atoms with Crippen LogP contribution in [-0.2, 0) is 36.9 Å². The van der Waals surface area contributed by atoms with Gasteiger partial charge in [-0.2, -0.15) is 0 Å². The Morgan fingerprint density at radius 3 is 2.08 bits per heavy atom. The summed E-state index contributed by atoms with van der Waals surface area (Å²) in [5, 5.41) is 2.66. The molecule has 2 unspecified atom stereocenters. The van der Waals surface area contributed by atoms with Crippen LogP contribution in [0.1, 0.15) is 59.1 Å². The van der Waals surface area contributed by atoms with E-state index < -0.39 is 53.3 Å². The van der Waals surface area contributed by atoms with Gasteiger partial charge in [0.1, 0.15) is 23.8 Å². The molecule has 1 aromatic rings. The molecule has 3 rings (SSSR count). The number of ether oxygens (including phenoxy) is 3. The summed E-state index contributed by atoms with van der Waals surface area (Å²) in [6, 6.07) is 5.85. The molecule has 0 spiro atoms. The molecule has 2 heterocycles. The maximum absolute atomic E-state index is 13.7. The summed E-state index contributed by atoms with van der Waals surface area (Å²) in [5.41, 5.74) is 0.689. The van der Waals surface area contributed by atoms with Crippen molar-refractivity contribution in [2.45, 2.75) is 84.8 Å². The summed E-state index contributed by atoms with van der Waals surface area (Å²) in [5.74, 6) is -1.09. The molecule has 1 aromatic carbocycles. The van der Waals surface area contributed by atoms with Gasteiger partial charge >= 0.3 is 18.2 Å². The normalized spacial score (nSPS) is 20.4. The average Bonchev–Trinajstić information content (AvgIpc) is 3.39. The number of rotatable bonds is 4. The molecule has 0 aromatic heterocycles. The van der Waals surface area contributed by atoms with Crippen molar-refractivity contribution in [2.75, 3.05) is 13.7 Å². The third kappa shape index (κ3) is 6.47. The summed E-state index contributed by atoms with van der Waals surface area (Å²) in [6.45, 7) is 11.5. The molecule has 0 saturated carbocycles. The first-order valence-corrected chi connectivity index (χ1v) is 12.1. The topological polar surface area (TPSA) is 114 Å². The van der Waals surface area contributed by atoms with Crippen LogP contribution in [0, 0.1) is 5.41 Å². The molecule has 1 saturated heterocycles. The SMILES string of the molecule is COC(=O)C1C[C@@H](OC(=O)N2Cc3ccccc3C2)CN1C(=O)C(NC(=O)OC(C)(C)C)C(C)(C)C. The summed E-state index contributed by atoms with van der Waals surface area (Å²) in [7, 11) is 1.24. The molecular weight excluding hydrogens is 466 g/mol. The monoisotopic (exact) mass is 503 g/mol. The molecule has 198 valence electrons. The predicted molar refractivity (Wildman–Crippen MR) is 131 cm³/mol. The van der Waals surface area contributed by atoms with Crippen molar-refractivity contribution in [1.29, 1.82) is 0 Å². The minimum Gasteiger partial charge on any atom is -0.467 e. The Hall–Kier alpha value is -3.30. The van der Waals surface area contributed by atoms with Crippen molar-refractivity contribution in [1.82, 2.24) is 15.1 Å². The van der Waals surface area contributed by atoms with Crippen LogP contribution in [-0.4, -0.2) is 71.3 Å². The number of hydrogen-bond donors (Lipinski definition) is 1. The number of benzene rings is 1. The average molecular weight is 504 g/mol. The van der Waals surface area contributed by atoms with E-state index in [0.29, 0.717) is 13.1 Å². The Balaban J connectivity index is 1.73. The van der Waals surface area contributed by atoms with E-state index in [-0.39, 0.29) is 13.0 Å². The maximum atomic E-state index is 13.7. The number of nitrogens with one attached hydrogen (secondary N) is 1. The van der Waals surface area contributed by atoms with Crippen LogP contribution in [0.25, 0.3) is 0 Å². The van der Waals surface area contributed by atoms with Crippen LogP contribution in [0.4, 0.5) is 9.59 Å². The fourth-order valence-electron chi connectivity index (χ4n) is 4.41. The summed E-state index contributed by atoms with van der Waals surface area (Å²) in [4.78, 5) is 54.5. The van der Waals surface area contributed by atoms with Crippen molar-refractivity contribution in [2.24, 2.45) is 5.41 Å². The highest BCUT2D eigenvalue weighted by Gasteiger charge is 2.47. The zero-order chi connectivity index (χ0) is 26.8. The van der Waals surface area contributed by atoms with E-state index in [1.54, 1.807) is 46.4 Å². The Morgan fingerprint density at radius 2 is 1.58 bits per heavy atom. The lowest BCUT2D eigenvalue weighted by atomic mass is 9.85. The Kier molecular flexibility index (Phi) is 7.85. The van der Waals surface area contributed by atoms with Crippen molar-refractivity contribution in [3.8, 4) is 0 Å². The van der Waals surface area contributed by atoms with Crippen LogP contribution in [0.5, 0.6) is 0 Å². The first-order chi connectivity index (χ1) is 16.7. The van der Waals surface area contributed by atoms with E-state index in [1.807, 2.05) is 24.3 Å². The van der Waals surface area contributed by atoms with Crippen LogP contribution >= 0.6 is 0 Å². The van der Waals surface area contributed by atoms with Crippen molar-refractivity contribution in [3.63, 3.8) is 0 Å². The van der Waals surface area contributed by atoms with E-state index in [0.717, 1.165) is 11.1 Å². The Labute approximate surface area is 212 Å². The molecule has 2 aliphatic heterocycles. The summed E-state index contributed by atoms with van der Waals surface area (Å²) >= 11 is 0. The van der Waals surface area contributed by atoms with Gasteiger partial charge in [0, 0.05) is 19.5 Å². The highest BCUT2D eigenvalue weighted by Crippen LogP contribution is 2.29. The zero-order valence-electron chi connectivity index (χ0n) is 22.1. The molecule has 3 atom stereocenters. The number of esters is 1. The Bertz CT molecular complexity index is 987. The summed E-state index contributed by atoms with van der Waals surface area (Å²) < 4.78 is 16.0. The molecule has 10 nitrogen and oxygen atoms in total. The summed E-state index contributed by atoms with van der Waals surface area (Å²) in [6.07, 6.45) is -1.83. The van der Waals surface area contributed by atoms with Crippen LogP contribution in [0.15, 0.2) is 24.3 Å². The first kappa shape index (κ1) is 27.3. The molecule has 2 aliphatic rings. The molecule has 36 heavy (non-hydrogen) atoms. The number of nitrogens with zero attached hydrogens (tertiary/aromatic N) is 2. The van der Waals surface area contributed by atoms with E-state index in [9.17, 15) is 19.2 Å². The van der Waals surface area contributed by atoms with Gasteiger partial charge in [0.25, 0.3) is 0 Å². The number of fused-ring (bicyclic) bond motifs is 1. The van der Waals surface area contributed by atoms with E-state index in [2.05, 4.69) is 5.32 Å². The number of carbonyl (C=O) groups excluding carboxylic acids is 4. The van der Waals surface area contributed by atoms with Crippen LogP contribution < -0.4 is 5.32 Å². The fraction of sp³-hybridized carbons (Fsp3) is 0.615. The smallest absolute Gasteiger partial charge is 0.410 e. The predicted octanol–water partition coefficient (Wildman–Crippen LogP) is 3.22. The highest BCUT2D eigenvalue weighted by atomic mass is 16.6. The lowest BCUT2D eigenvalue weighted by molar-refractivity contribution is -0.152. The van der Waals surface area contributed by atoms with E-state index in [4.69, 9.17) is 14.2 Å². The highest BCUT2D eigenvalue weighted by molar-refractivity contribution is 5.91. The number of likely N-dealkylation sites (tertiary alicyclic amines) is 1. The molecule has 0 radical (unpaired) electrons. The second-order valence-electron chi connectivity index (χ2n) is 11.3. The zero-order valence-corrected chi connectivity index (χ0v) is 22.1. The van der Waals surface area contributed by atoms with Gasteiger partial charge in [-0.1, -0.05) is 45.0 Å². The van der Waals surface area contributed by atoms with Gasteiger partial charge in [0.15, 0.2) is 0 Å². The molecule has 0 aliphatic carbocycles. The molecule has 0 bridgehead atoms. The quantitative estimate of drug-likeness (QED) is 0.496. The van der Waals surface area contributed by atoms with Crippen molar-refractivity contribution in [3.05, 3.63) is 35.4 Å². The molecule has 1 fully saturated rings. The second kappa shape index (κ2) is 10.4. The van der Waals surface area contributed by atoms with E-state index in [1.165, 1.54) is 12.0 Å². The Morgan fingerprint density at radius 1 is 1.00 bits per heavy atom. The first-order valence-electron chi connectivity index (χ1n) is 12.1. The van der Waals surface area contributed by atoms with Gasteiger partial charge in [0.2, 0.25) is 5.91 Å². The fourth-order valence-corrected chi connectivity index (χ4v) is 4.41. The van der Waals surface area contributed by atoms with Crippen LogP contribution in [0.2, 0.25) is 0 Å². The van der Waals surface area contributed by atoms with Gasteiger partial charge in [-0.3, -0.25) is 9.69 Å². The lowest BCUT2D eigenvalue weighted by Crippen LogP contribution is -2.57. The molecule has 3 amide bonds. The second-order valence-corrected chi connectivity index (χ2v) is 11.3. The van der Waals surface area contributed by atoms with Gasteiger partial charge in [-0.05, 0) is 37.3 Å². The minimum atomic E-state index is -0.984. The minimum absolute atomic E-state index is 0.00765. The van der Waals surface area contributed by atoms with Crippen molar-refractivity contribution >= 4 is 24.1 Å². The number of alkyl carbamates (subject to hydrolysis) is 1. The number of carbonyl (C=O) groups is 4. The number of methoxy groups -OCH3 is 1.